The summed E-state index contributed by atoms with van der Waals surface area (Å²) in [5.74, 6) is -0.501. The Balaban J connectivity index is 0.000000154. The number of aromatic nitrogens is 6. The Labute approximate surface area is 718 Å². The lowest BCUT2D eigenvalue weighted by Gasteiger charge is -2.32. The molecule has 3 aliphatic heterocycles. The zero-order chi connectivity index (χ0) is 83.8. The van der Waals surface area contributed by atoms with Crippen LogP contribution in [0, 0.1) is 40.6 Å². The molecule has 0 saturated heterocycles. The van der Waals surface area contributed by atoms with Gasteiger partial charge in [0.1, 0.15) is 17.5 Å². The second kappa shape index (κ2) is 38.6. The number of fused-ring (bicyclic) bond motifs is 3. The molecule has 5 amide bonds. The van der Waals surface area contributed by atoms with E-state index in [1.807, 2.05) is 45.1 Å². The first-order valence-corrected chi connectivity index (χ1v) is 43.1. The summed E-state index contributed by atoms with van der Waals surface area (Å²) in [5, 5.41) is 30.2. The molecular formula is C92H99Cl6F3N12O5. The van der Waals surface area contributed by atoms with E-state index in [0.29, 0.717) is 126 Å². The van der Waals surface area contributed by atoms with Crippen molar-refractivity contribution in [1.29, 1.82) is 0 Å². The summed E-state index contributed by atoms with van der Waals surface area (Å²) in [5.41, 5.74) is 11.6. The maximum absolute atomic E-state index is 14.0. The van der Waals surface area contributed by atoms with Gasteiger partial charge in [-0.25, -0.2) is 27.2 Å². The van der Waals surface area contributed by atoms with Gasteiger partial charge in [0.2, 0.25) is 11.8 Å². The molecule has 0 bridgehead atoms. The van der Waals surface area contributed by atoms with Crippen molar-refractivity contribution in [3.63, 3.8) is 0 Å². The fraction of sp³-hybridized carbons (Fsp3) is 0.391. The second-order valence-corrected chi connectivity index (χ2v) is 35.7. The highest BCUT2D eigenvalue weighted by Crippen LogP contribution is 2.42. The van der Waals surface area contributed by atoms with E-state index in [2.05, 4.69) is 42.0 Å². The molecule has 4 N–H and O–H groups in total. The number of carbonyl (C=O) groups is 5. The van der Waals surface area contributed by atoms with Crippen LogP contribution in [0.3, 0.4) is 0 Å². The Morgan fingerprint density at radius 1 is 0.432 bits per heavy atom. The largest absolute Gasteiger partial charge is 0.348 e. The molecule has 3 aromatic heterocycles. The summed E-state index contributed by atoms with van der Waals surface area (Å²) < 4.78 is 46.0. The number of benzene rings is 6. The first-order valence-electron chi connectivity index (χ1n) is 40.8. The number of hydrogen-bond donors (Lipinski definition) is 4. The molecule has 3 aliphatic carbocycles. The van der Waals surface area contributed by atoms with Crippen molar-refractivity contribution in [2.24, 2.45) is 23.2 Å². The third kappa shape index (κ3) is 21.1. The summed E-state index contributed by atoms with van der Waals surface area (Å²) in [6, 6.07) is 34.2. The number of carbonyl (C=O) groups excluding carboxylic acids is 5. The van der Waals surface area contributed by atoms with Gasteiger partial charge in [0, 0.05) is 89.4 Å². The minimum atomic E-state index is -0.337. The van der Waals surface area contributed by atoms with Gasteiger partial charge in [0.25, 0.3) is 17.7 Å². The van der Waals surface area contributed by atoms with Gasteiger partial charge in [0.05, 0.1) is 62.3 Å². The van der Waals surface area contributed by atoms with Crippen LogP contribution in [0.4, 0.5) is 13.2 Å². The van der Waals surface area contributed by atoms with E-state index in [1.165, 1.54) is 101 Å². The number of hydrogen-bond acceptors (Lipinski definition) is 9. The third-order valence-electron chi connectivity index (χ3n) is 23.2. The molecular weight excluding hydrogens is 1620 g/mol. The van der Waals surface area contributed by atoms with Gasteiger partial charge < -0.3 is 31.1 Å². The number of rotatable bonds is 16. The Morgan fingerprint density at radius 3 is 1.08 bits per heavy atom. The van der Waals surface area contributed by atoms with E-state index in [1.54, 1.807) is 109 Å². The first-order chi connectivity index (χ1) is 56.5. The van der Waals surface area contributed by atoms with E-state index in [-0.39, 0.29) is 95.0 Å². The van der Waals surface area contributed by atoms with Crippen molar-refractivity contribution >= 4 is 134 Å². The lowest BCUT2D eigenvalue weighted by Crippen LogP contribution is -2.41. The van der Waals surface area contributed by atoms with Crippen molar-refractivity contribution in [2.75, 3.05) is 19.6 Å². The minimum absolute atomic E-state index is 0.000511. The molecule has 3 fully saturated rings. The van der Waals surface area contributed by atoms with Crippen LogP contribution in [-0.4, -0.2) is 106 Å². The smallest absolute Gasteiger partial charge is 0.272 e. The molecule has 26 heteroatoms. The highest BCUT2D eigenvalue weighted by molar-refractivity contribution is 6.37. The molecule has 6 aliphatic rings. The van der Waals surface area contributed by atoms with E-state index >= 15 is 0 Å². The number of nitrogens with zero attached hydrogens (tertiary/aromatic N) is 8. The van der Waals surface area contributed by atoms with Crippen LogP contribution in [0.2, 0.25) is 30.1 Å². The monoisotopic (exact) mass is 1720 g/mol. The Kier molecular flexibility index (Phi) is 28.4. The fourth-order valence-corrected chi connectivity index (χ4v) is 18.4. The quantitative estimate of drug-likeness (QED) is 0.0728. The van der Waals surface area contributed by atoms with Gasteiger partial charge in [-0.15, -0.1) is 0 Å². The van der Waals surface area contributed by atoms with Crippen LogP contribution in [0.15, 0.2) is 127 Å². The van der Waals surface area contributed by atoms with E-state index in [0.717, 1.165) is 83.2 Å². The van der Waals surface area contributed by atoms with Crippen molar-refractivity contribution in [3.05, 3.63) is 243 Å². The molecule has 3 atom stereocenters. The lowest BCUT2D eigenvalue weighted by molar-refractivity contribution is -0.133. The van der Waals surface area contributed by atoms with Crippen LogP contribution in [0.5, 0.6) is 0 Å². The van der Waals surface area contributed by atoms with Crippen LogP contribution < -0.4 is 21.3 Å². The Hall–Kier alpha value is -8.99. The van der Waals surface area contributed by atoms with Crippen molar-refractivity contribution < 1.29 is 37.1 Å². The van der Waals surface area contributed by atoms with E-state index in [4.69, 9.17) is 84.9 Å². The molecule has 0 radical (unpaired) electrons. The van der Waals surface area contributed by atoms with Gasteiger partial charge in [0.15, 0.2) is 17.1 Å². The van der Waals surface area contributed by atoms with E-state index < -0.39 is 0 Å². The highest BCUT2D eigenvalue weighted by atomic mass is 35.5. The molecule has 620 valence electrons. The predicted octanol–water partition coefficient (Wildman–Crippen LogP) is 21.9. The fourth-order valence-electron chi connectivity index (χ4n) is 17.0. The van der Waals surface area contributed by atoms with Crippen LogP contribution in [0.25, 0.3) is 52.0 Å². The molecule has 118 heavy (non-hydrogen) atoms. The summed E-state index contributed by atoms with van der Waals surface area (Å²) in [6.07, 6.45) is 23.7. The average molecular weight is 1720 g/mol. The first kappa shape index (κ1) is 86.8. The summed E-state index contributed by atoms with van der Waals surface area (Å²) in [7, 11) is 0. The van der Waals surface area contributed by atoms with Crippen molar-refractivity contribution in [2.45, 2.75) is 189 Å². The predicted molar refractivity (Wildman–Crippen MR) is 466 cm³/mol. The zero-order valence-electron chi connectivity index (χ0n) is 67.4. The minimum Gasteiger partial charge on any atom is -0.348 e. The second-order valence-electron chi connectivity index (χ2n) is 33.2. The van der Waals surface area contributed by atoms with E-state index in [9.17, 15) is 37.1 Å². The van der Waals surface area contributed by atoms with Crippen molar-refractivity contribution in [1.82, 2.24) is 60.4 Å². The van der Waals surface area contributed by atoms with Crippen LogP contribution in [-0.2, 0) is 29.2 Å². The summed E-state index contributed by atoms with van der Waals surface area (Å²) in [6.45, 7) is 15.9. The maximum atomic E-state index is 14.0. The molecule has 0 unspecified atom stereocenters. The number of amides is 5. The average Bonchev–Trinajstić information content (AvgIpc) is 1.61. The maximum Gasteiger partial charge on any atom is 0.272 e. The lowest BCUT2D eigenvalue weighted by atomic mass is 9.84. The Bertz CT molecular complexity index is 5290. The van der Waals surface area contributed by atoms with Gasteiger partial charge in [-0.3, -0.25) is 24.0 Å². The standard InChI is InChI=1S/C34H39Cl2FN4O2.C30H31Cl2FN4O2.C28H29Cl2FN4O/c1-21(23-8-6-5-7-9-23)38-33(43)31-27-20-40(30(42)18-34(2,3)4)19-24(16-22-10-13-26(37)14-11-22)32(27)41(39-31)29-15-12-25(35)17-28(29)36;1-18(21-6-4-3-5-7-21)34-30(39)28-25-17-36(19(2)38)16-22(14-20-8-11-24(33)12-9-20)29(25)37(35-28)27-13-10-23(31)15-26(27)32;1-17(19-5-3-2-4-6-19)33-28(36)26-23-16-32-15-20(13-18-7-10-22(31)11-8-18)27(23)35(34-26)25-12-9-21(29)14-24(25)30/h10-17,21,23H,5-9,18-20H2,1-4H3,(H,38,43);8-15,18,21H,3-7,16-17H2,1-2H3,(H,34,39);7-14,17,19,32H,2-6,15-16H2,1H3,(H,33,36)/b24-16+;22-14+;20-13+/t21-;18-;17-/m000/s1. The Morgan fingerprint density at radius 2 is 0.746 bits per heavy atom. The number of nitrogens with one attached hydrogen (secondary N) is 4. The summed E-state index contributed by atoms with van der Waals surface area (Å²) in [4.78, 5) is 70.8. The molecule has 6 heterocycles. The van der Waals surface area contributed by atoms with Crippen LogP contribution in [0.1, 0.15) is 233 Å². The molecule has 6 aromatic carbocycles. The topological polar surface area (TPSA) is 193 Å². The van der Waals surface area contributed by atoms with Gasteiger partial charge in [-0.2, -0.15) is 15.3 Å². The highest BCUT2D eigenvalue weighted by Gasteiger charge is 2.39. The third-order valence-corrected chi connectivity index (χ3v) is 24.8. The molecule has 17 nitrogen and oxygen atoms in total. The van der Waals surface area contributed by atoms with Gasteiger partial charge >= 0.3 is 0 Å². The van der Waals surface area contributed by atoms with Gasteiger partial charge in [-0.1, -0.05) is 185 Å². The molecule has 15 rings (SSSR count). The van der Waals surface area contributed by atoms with Crippen molar-refractivity contribution in [3.8, 4) is 17.1 Å². The summed E-state index contributed by atoms with van der Waals surface area (Å²) >= 11 is 38.4. The van der Waals surface area contributed by atoms with Gasteiger partial charge in [-0.05, 0) is 225 Å². The molecule has 3 saturated carbocycles. The molecule has 0 spiro atoms. The number of halogens is 9. The SMILES string of the molecule is CC(=O)N1C/C(=C\c2ccc(F)cc2)c2c(c(C(=O)N[C@@H](C)C3CCCCC3)nn2-c2ccc(Cl)cc2Cl)C1.C[C@H](NC(=O)c1nn(-c2ccc(Cl)cc2Cl)c2c1CN(C(=O)CC(C)(C)C)C/C2=C\c1ccc(F)cc1)C1CCCCC1.C[C@H](NC(=O)c1nn(-c2ccc(Cl)cc2Cl)c2c1CNC/C2=C\c1ccc(F)cc1)C1CCCCC1. The normalized spacial score (nSPS) is 17.8. The molecule has 9 aromatic rings. The van der Waals surface area contributed by atoms with Crippen LogP contribution >= 0.6 is 69.6 Å². The zero-order valence-corrected chi connectivity index (χ0v) is 71.9.